The van der Waals surface area contributed by atoms with Crippen molar-refractivity contribution >= 4 is 24.0 Å². The molecule has 0 aliphatic carbocycles. The standard InChI is InChI=1S/C9H12ClNO.ClH/c1-6(11)7-3-4-9(12-2)8(10)5-7;/h3-6H,11H2,1-2H3;1H. The van der Waals surface area contributed by atoms with E-state index in [1.165, 1.54) is 0 Å². The molecule has 0 fully saturated rings. The molecule has 0 amide bonds. The van der Waals surface area contributed by atoms with E-state index in [1.54, 1.807) is 7.11 Å². The molecular weight excluding hydrogens is 209 g/mol. The molecule has 1 atom stereocenters. The average Bonchev–Trinajstić information content (AvgIpc) is 2.04. The summed E-state index contributed by atoms with van der Waals surface area (Å²) in [6.07, 6.45) is 0. The van der Waals surface area contributed by atoms with E-state index in [9.17, 15) is 0 Å². The van der Waals surface area contributed by atoms with Gasteiger partial charge in [-0.25, -0.2) is 0 Å². The van der Waals surface area contributed by atoms with Crippen molar-refractivity contribution in [1.29, 1.82) is 0 Å². The minimum absolute atomic E-state index is 0. The zero-order valence-corrected chi connectivity index (χ0v) is 9.15. The van der Waals surface area contributed by atoms with E-state index >= 15 is 0 Å². The van der Waals surface area contributed by atoms with Crippen LogP contribution in [0, 0.1) is 0 Å². The number of rotatable bonds is 2. The van der Waals surface area contributed by atoms with Crippen molar-refractivity contribution in [2.75, 3.05) is 7.11 Å². The largest absolute Gasteiger partial charge is 0.495 e. The lowest BCUT2D eigenvalue weighted by atomic mass is 10.1. The maximum atomic E-state index is 5.89. The Morgan fingerprint density at radius 1 is 1.46 bits per heavy atom. The summed E-state index contributed by atoms with van der Waals surface area (Å²) in [7, 11) is 1.59. The van der Waals surface area contributed by atoms with Crippen LogP contribution >= 0.6 is 24.0 Å². The van der Waals surface area contributed by atoms with E-state index in [1.807, 2.05) is 25.1 Å². The van der Waals surface area contributed by atoms with E-state index in [0.29, 0.717) is 10.8 Å². The summed E-state index contributed by atoms with van der Waals surface area (Å²) in [6.45, 7) is 1.91. The van der Waals surface area contributed by atoms with Crippen LogP contribution in [0.25, 0.3) is 0 Å². The minimum Gasteiger partial charge on any atom is -0.495 e. The molecule has 0 heterocycles. The van der Waals surface area contributed by atoms with E-state index in [2.05, 4.69) is 0 Å². The summed E-state index contributed by atoms with van der Waals surface area (Å²) < 4.78 is 5.01. The first-order chi connectivity index (χ1) is 5.65. The maximum absolute atomic E-state index is 5.89. The Labute approximate surface area is 89.4 Å². The third-order valence-corrected chi connectivity index (χ3v) is 2.00. The van der Waals surface area contributed by atoms with Gasteiger partial charge in [-0.15, -0.1) is 12.4 Å². The zero-order valence-electron chi connectivity index (χ0n) is 7.58. The van der Waals surface area contributed by atoms with Crippen LogP contribution in [0.3, 0.4) is 0 Å². The number of nitrogens with two attached hydrogens (primary N) is 1. The Kier molecular flexibility index (Phi) is 5.14. The third kappa shape index (κ3) is 3.07. The molecule has 1 unspecified atom stereocenters. The van der Waals surface area contributed by atoms with Crippen molar-refractivity contribution in [1.82, 2.24) is 0 Å². The second-order valence-corrected chi connectivity index (χ2v) is 3.09. The topological polar surface area (TPSA) is 35.2 Å². The highest BCUT2D eigenvalue weighted by atomic mass is 35.5. The molecule has 0 aromatic heterocycles. The molecule has 0 bridgehead atoms. The molecule has 0 spiro atoms. The van der Waals surface area contributed by atoms with Gasteiger partial charge in [-0.05, 0) is 24.6 Å². The predicted molar refractivity (Wildman–Crippen MR) is 57.9 cm³/mol. The molecule has 1 rings (SSSR count). The first-order valence-electron chi connectivity index (χ1n) is 3.74. The van der Waals surface area contributed by atoms with Gasteiger partial charge in [0.1, 0.15) is 5.75 Å². The molecule has 0 radical (unpaired) electrons. The second kappa shape index (κ2) is 5.32. The second-order valence-electron chi connectivity index (χ2n) is 2.68. The van der Waals surface area contributed by atoms with Crippen LogP contribution in [0.1, 0.15) is 18.5 Å². The van der Waals surface area contributed by atoms with Gasteiger partial charge in [-0.3, -0.25) is 0 Å². The summed E-state index contributed by atoms with van der Waals surface area (Å²) in [4.78, 5) is 0. The van der Waals surface area contributed by atoms with Crippen LogP contribution < -0.4 is 10.5 Å². The highest BCUT2D eigenvalue weighted by Gasteiger charge is 2.03. The van der Waals surface area contributed by atoms with Crippen molar-refractivity contribution in [3.63, 3.8) is 0 Å². The van der Waals surface area contributed by atoms with E-state index in [-0.39, 0.29) is 18.4 Å². The predicted octanol–water partition coefficient (Wildman–Crippen LogP) is 2.79. The zero-order chi connectivity index (χ0) is 9.14. The van der Waals surface area contributed by atoms with Crippen LogP contribution in [-0.4, -0.2) is 7.11 Å². The molecule has 0 aliphatic rings. The molecule has 0 saturated heterocycles. The fraction of sp³-hybridized carbons (Fsp3) is 0.333. The minimum atomic E-state index is 0. The average molecular weight is 222 g/mol. The van der Waals surface area contributed by atoms with Gasteiger partial charge in [-0.2, -0.15) is 0 Å². The summed E-state index contributed by atoms with van der Waals surface area (Å²) >= 11 is 5.89. The quantitative estimate of drug-likeness (QED) is 0.834. The first kappa shape index (κ1) is 12.6. The molecule has 2 nitrogen and oxygen atoms in total. The maximum Gasteiger partial charge on any atom is 0.137 e. The number of halogens is 2. The third-order valence-electron chi connectivity index (χ3n) is 1.70. The Morgan fingerprint density at radius 2 is 2.08 bits per heavy atom. The Morgan fingerprint density at radius 3 is 2.46 bits per heavy atom. The normalized spacial score (nSPS) is 11.7. The molecule has 1 aromatic rings. The number of benzene rings is 1. The van der Waals surface area contributed by atoms with Gasteiger partial charge in [0.15, 0.2) is 0 Å². The van der Waals surface area contributed by atoms with Crippen LogP contribution in [-0.2, 0) is 0 Å². The summed E-state index contributed by atoms with van der Waals surface area (Å²) in [5.41, 5.74) is 6.69. The highest BCUT2D eigenvalue weighted by molar-refractivity contribution is 6.32. The monoisotopic (exact) mass is 221 g/mol. The Bertz CT molecular complexity index is 276. The van der Waals surface area contributed by atoms with Gasteiger partial charge in [-0.1, -0.05) is 17.7 Å². The lowest BCUT2D eigenvalue weighted by molar-refractivity contribution is 0.415. The van der Waals surface area contributed by atoms with Gasteiger partial charge >= 0.3 is 0 Å². The molecule has 13 heavy (non-hydrogen) atoms. The van der Waals surface area contributed by atoms with Crippen molar-refractivity contribution < 1.29 is 4.74 Å². The van der Waals surface area contributed by atoms with Gasteiger partial charge in [0, 0.05) is 6.04 Å². The highest BCUT2D eigenvalue weighted by Crippen LogP contribution is 2.26. The van der Waals surface area contributed by atoms with E-state index in [4.69, 9.17) is 22.1 Å². The fourth-order valence-corrected chi connectivity index (χ4v) is 1.23. The number of methoxy groups -OCH3 is 1. The van der Waals surface area contributed by atoms with Gasteiger partial charge in [0.05, 0.1) is 12.1 Å². The van der Waals surface area contributed by atoms with Crippen LogP contribution in [0.2, 0.25) is 5.02 Å². The van der Waals surface area contributed by atoms with Crippen LogP contribution in [0.5, 0.6) is 5.75 Å². The lowest BCUT2D eigenvalue weighted by Gasteiger charge is -2.08. The molecule has 1 aromatic carbocycles. The van der Waals surface area contributed by atoms with Crippen LogP contribution in [0.4, 0.5) is 0 Å². The summed E-state index contributed by atoms with van der Waals surface area (Å²) in [5.74, 6) is 0.682. The van der Waals surface area contributed by atoms with Crippen molar-refractivity contribution in [3.05, 3.63) is 28.8 Å². The Balaban J connectivity index is 0.00000144. The number of ether oxygens (including phenoxy) is 1. The lowest BCUT2D eigenvalue weighted by Crippen LogP contribution is -2.04. The molecule has 0 aliphatic heterocycles. The smallest absolute Gasteiger partial charge is 0.137 e. The summed E-state index contributed by atoms with van der Waals surface area (Å²) in [6, 6.07) is 5.56. The SMILES string of the molecule is COc1ccc(C(C)N)cc1Cl.Cl. The number of hydrogen-bond acceptors (Lipinski definition) is 2. The Hall–Kier alpha value is -0.440. The molecule has 4 heteroatoms. The van der Waals surface area contributed by atoms with Crippen molar-refractivity contribution in [3.8, 4) is 5.75 Å². The molecule has 74 valence electrons. The molecule has 0 saturated carbocycles. The summed E-state index contributed by atoms with van der Waals surface area (Å²) in [5, 5.41) is 0.604. The molecule has 2 N–H and O–H groups in total. The van der Waals surface area contributed by atoms with E-state index < -0.39 is 0 Å². The van der Waals surface area contributed by atoms with Crippen molar-refractivity contribution in [2.45, 2.75) is 13.0 Å². The van der Waals surface area contributed by atoms with Gasteiger partial charge in [0.25, 0.3) is 0 Å². The first-order valence-corrected chi connectivity index (χ1v) is 4.12. The van der Waals surface area contributed by atoms with Gasteiger partial charge < -0.3 is 10.5 Å². The number of hydrogen-bond donors (Lipinski definition) is 1. The van der Waals surface area contributed by atoms with Gasteiger partial charge in [0.2, 0.25) is 0 Å². The molecular formula is C9H13Cl2NO. The fourth-order valence-electron chi connectivity index (χ4n) is 0.966. The van der Waals surface area contributed by atoms with Crippen molar-refractivity contribution in [2.24, 2.45) is 5.73 Å². The van der Waals surface area contributed by atoms with E-state index in [0.717, 1.165) is 5.56 Å². The van der Waals surface area contributed by atoms with Crippen LogP contribution in [0.15, 0.2) is 18.2 Å².